The molecule has 0 spiro atoms. The summed E-state index contributed by atoms with van der Waals surface area (Å²) in [6.07, 6.45) is 2.52. The van der Waals surface area contributed by atoms with Crippen molar-refractivity contribution in [2.75, 3.05) is 18.5 Å². The SMILES string of the molecule is CCOCC(=O)Nc1cc(C=CC(=O)O)ccc1C. The summed E-state index contributed by atoms with van der Waals surface area (Å²) in [6, 6.07) is 5.32. The van der Waals surface area contributed by atoms with Crippen molar-refractivity contribution in [2.45, 2.75) is 13.8 Å². The first-order chi connectivity index (χ1) is 9.02. The zero-order valence-corrected chi connectivity index (χ0v) is 11.0. The highest BCUT2D eigenvalue weighted by molar-refractivity contribution is 5.93. The van der Waals surface area contributed by atoms with Crippen molar-refractivity contribution >= 4 is 23.6 Å². The van der Waals surface area contributed by atoms with E-state index in [1.807, 2.05) is 19.9 Å². The molecule has 2 N–H and O–H groups in total. The van der Waals surface area contributed by atoms with E-state index < -0.39 is 5.97 Å². The van der Waals surface area contributed by atoms with Gasteiger partial charge >= 0.3 is 5.97 Å². The average Bonchev–Trinajstić information content (AvgIpc) is 2.37. The van der Waals surface area contributed by atoms with E-state index in [4.69, 9.17) is 9.84 Å². The van der Waals surface area contributed by atoms with E-state index in [2.05, 4.69) is 5.32 Å². The van der Waals surface area contributed by atoms with Crippen LogP contribution in [0.15, 0.2) is 24.3 Å². The molecule has 0 aliphatic heterocycles. The van der Waals surface area contributed by atoms with Crippen LogP contribution >= 0.6 is 0 Å². The van der Waals surface area contributed by atoms with Crippen molar-refractivity contribution in [3.05, 3.63) is 35.4 Å². The monoisotopic (exact) mass is 263 g/mol. The van der Waals surface area contributed by atoms with E-state index in [0.29, 0.717) is 17.9 Å². The summed E-state index contributed by atoms with van der Waals surface area (Å²) < 4.78 is 5.01. The van der Waals surface area contributed by atoms with E-state index in [0.717, 1.165) is 11.6 Å². The zero-order chi connectivity index (χ0) is 14.3. The molecule has 0 saturated heterocycles. The Morgan fingerprint density at radius 1 is 1.42 bits per heavy atom. The Morgan fingerprint density at radius 2 is 2.16 bits per heavy atom. The molecule has 0 aliphatic carbocycles. The molecule has 1 amide bonds. The number of benzene rings is 1. The second-order valence-electron chi connectivity index (χ2n) is 3.93. The number of aryl methyl sites for hydroxylation is 1. The average molecular weight is 263 g/mol. The van der Waals surface area contributed by atoms with Gasteiger partial charge in [-0.05, 0) is 37.1 Å². The second kappa shape index (κ2) is 7.33. The number of hydrogen-bond acceptors (Lipinski definition) is 3. The summed E-state index contributed by atoms with van der Waals surface area (Å²) in [5.74, 6) is -1.24. The molecule has 102 valence electrons. The number of aliphatic carboxylic acids is 1. The first kappa shape index (κ1) is 14.9. The van der Waals surface area contributed by atoms with E-state index in [-0.39, 0.29) is 12.5 Å². The van der Waals surface area contributed by atoms with Crippen molar-refractivity contribution < 1.29 is 19.4 Å². The quantitative estimate of drug-likeness (QED) is 0.770. The van der Waals surface area contributed by atoms with Gasteiger partial charge in [-0.3, -0.25) is 4.79 Å². The summed E-state index contributed by atoms with van der Waals surface area (Å²) in [5, 5.41) is 11.3. The number of ether oxygens (including phenoxy) is 1. The van der Waals surface area contributed by atoms with Crippen molar-refractivity contribution in [2.24, 2.45) is 0 Å². The minimum absolute atomic E-state index is 0.00509. The van der Waals surface area contributed by atoms with Crippen molar-refractivity contribution in [3.8, 4) is 0 Å². The molecule has 5 heteroatoms. The highest BCUT2D eigenvalue weighted by Gasteiger charge is 2.05. The highest BCUT2D eigenvalue weighted by Crippen LogP contribution is 2.17. The van der Waals surface area contributed by atoms with Crippen LogP contribution in [0.2, 0.25) is 0 Å². The van der Waals surface area contributed by atoms with Crippen LogP contribution in [0.1, 0.15) is 18.1 Å². The smallest absolute Gasteiger partial charge is 0.328 e. The summed E-state index contributed by atoms with van der Waals surface area (Å²) in [5.41, 5.74) is 2.26. The Hall–Kier alpha value is -2.14. The predicted molar refractivity (Wildman–Crippen MR) is 73.0 cm³/mol. The van der Waals surface area contributed by atoms with Crippen LogP contribution in [-0.4, -0.2) is 30.2 Å². The number of nitrogens with one attached hydrogen (secondary N) is 1. The highest BCUT2D eigenvalue weighted by atomic mass is 16.5. The maximum Gasteiger partial charge on any atom is 0.328 e. The lowest BCUT2D eigenvalue weighted by molar-refractivity contribution is -0.131. The topological polar surface area (TPSA) is 75.6 Å². The second-order valence-corrected chi connectivity index (χ2v) is 3.93. The van der Waals surface area contributed by atoms with Gasteiger partial charge in [0.15, 0.2) is 0 Å². The molecule has 0 aliphatic rings. The Labute approximate surface area is 111 Å². The molecular weight excluding hydrogens is 246 g/mol. The molecule has 1 aromatic rings. The molecule has 0 fully saturated rings. The largest absolute Gasteiger partial charge is 0.478 e. The predicted octanol–water partition coefficient (Wildman–Crippen LogP) is 2.07. The first-order valence-corrected chi connectivity index (χ1v) is 5.92. The van der Waals surface area contributed by atoms with Gasteiger partial charge in [-0.15, -0.1) is 0 Å². The third-order valence-corrected chi connectivity index (χ3v) is 2.39. The van der Waals surface area contributed by atoms with E-state index >= 15 is 0 Å². The third-order valence-electron chi connectivity index (χ3n) is 2.39. The van der Waals surface area contributed by atoms with E-state index in [1.54, 1.807) is 12.1 Å². The van der Waals surface area contributed by atoms with Gasteiger partial charge in [-0.2, -0.15) is 0 Å². The van der Waals surface area contributed by atoms with Crippen LogP contribution in [0.5, 0.6) is 0 Å². The number of carboxylic acid groups (broad SMARTS) is 1. The molecule has 0 aromatic heterocycles. The lowest BCUT2D eigenvalue weighted by Crippen LogP contribution is -2.18. The molecular formula is C14H17NO4. The maximum atomic E-state index is 11.6. The van der Waals surface area contributed by atoms with Gasteiger partial charge in [0.1, 0.15) is 6.61 Å². The number of amides is 1. The molecule has 0 atom stereocenters. The fourth-order valence-electron chi connectivity index (χ4n) is 1.43. The normalized spacial score (nSPS) is 10.6. The fourth-order valence-corrected chi connectivity index (χ4v) is 1.43. The first-order valence-electron chi connectivity index (χ1n) is 5.92. The number of hydrogen-bond donors (Lipinski definition) is 2. The standard InChI is InChI=1S/C14H17NO4/c1-3-19-9-13(16)15-12-8-11(5-4-10(12)2)6-7-14(17)18/h4-8H,3,9H2,1-2H3,(H,15,16)(H,17,18). The molecule has 0 radical (unpaired) electrons. The Balaban J connectivity index is 2.79. The molecule has 0 unspecified atom stereocenters. The van der Waals surface area contributed by atoms with Gasteiger partial charge in [0.25, 0.3) is 0 Å². The number of anilines is 1. The van der Waals surface area contributed by atoms with E-state index in [1.165, 1.54) is 6.08 Å². The van der Waals surface area contributed by atoms with Crippen LogP contribution in [-0.2, 0) is 14.3 Å². The van der Waals surface area contributed by atoms with Gasteiger partial charge in [0.05, 0.1) is 0 Å². The van der Waals surface area contributed by atoms with Crippen LogP contribution in [0.4, 0.5) is 5.69 Å². The Bertz CT molecular complexity index is 494. The maximum absolute atomic E-state index is 11.6. The molecule has 0 saturated carbocycles. The lowest BCUT2D eigenvalue weighted by atomic mass is 10.1. The molecule has 0 bridgehead atoms. The van der Waals surface area contributed by atoms with Gasteiger partial charge in [-0.1, -0.05) is 12.1 Å². The number of carboxylic acids is 1. The molecule has 5 nitrogen and oxygen atoms in total. The molecule has 19 heavy (non-hydrogen) atoms. The van der Waals surface area contributed by atoms with Crippen LogP contribution in [0.3, 0.4) is 0 Å². The number of carbonyl (C=O) groups is 2. The van der Waals surface area contributed by atoms with Gasteiger partial charge in [-0.25, -0.2) is 4.79 Å². The molecule has 1 rings (SSSR count). The number of rotatable bonds is 6. The number of carbonyl (C=O) groups excluding carboxylic acids is 1. The van der Waals surface area contributed by atoms with Crippen molar-refractivity contribution in [3.63, 3.8) is 0 Å². The minimum atomic E-state index is -1.01. The van der Waals surface area contributed by atoms with E-state index in [9.17, 15) is 9.59 Å². The summed E-state index contributed by atoms with van der Waals surface area (Å²) in [6.45, 7) is 4.16. The third kappa shape index (κ3) is 5.35. The lowest BCUT2D eigenvalue weighted by Gasteiger charge is -2.09. The van der Waals surface area contributed by atoms with Crippen molar-refractivity contribution in [1.29, 1.82) is 0 Å². The summed E-state index contributed by atoms with van der Waals surface area (Å²) >= 11 is 0. The zero-order valence-electron chi connectivity index (χ0n) is 11.0. The van der Waals surface area contributed by atoms with Gasteiger partial charge in [0, 0.05) is 18.4 Å². The Morgan fingerprint density at radius 3 is 2.79 bits per heavy atom. The Kier molecular flexibility index (Phi) is 5.75. The molecule has 1 aromatic carbocycles. The van der Waals surface area contributed by atoms with Gasteiger partial charge in [0.2, 0.25) is 5.91 Å². The summed E-state index contributed by atoms with van der Waals surface area (Å²) in [7, 11) is 0. The van der Waals surface area contributed by atoms with Gasteiger partial charge < -0.3 is 15.2 Å². The fraction of sp³-hybridized carbons (Fsp3) is 0.286. The minimum Gasteiger partial charge on any atom is -0.478 e. The molecule has 0 heterocycles. The summed E-state index contributed by atoms with van der Waals surface area (Å²) in [4.78, 5) is 22.0. The van der Waals surface area contributed by atoms with Crippen molar-refractivity contribution in [1.82, 2.24) is 0 Å². The van der Waals surface area contributed by atoms with Crippen LogP contribution in [0.25, 0.3) is 6.08 Å². The van der Waals surface area contributed by atoms with Crippen LogP contribution < -0.4 is 5.32 Å². The van der Waals surface area contributed by atoms with Crippen LogP contribution in [0, 0.1) is 6.92 Å².